The average molecular weight is 325 g/mol. The summed E-state index contributed by atoms with van der Waals surface area (Å²) in [6.45, 7) is 3.47. The molecule has 1 aliphatic heterocycles. The maximum atomic E-state index is 12.7. The molecule has 1 aromatic carbocycles. The molecule has 0 saturated carbocycles. The van der Waals surface area contributed by atoms with E-state index in [1.165, 1.54) is 0 Å². The van der Waals surface area contributed by atoms with Crippen LogP contribution >= 0.6 is 0 Å². The van der Waals surface area contributed by atoms with Gasteiger partial charge in [-0.15, -0.1) is 0 Å². The molecule has 1 fully saturated rings. The largest absolute Gasteiger partial charge is 0.496 e. The second kappa shape index (κ2) is 7.43. The second-order valence-electron chi connectivity index (χ2n) is 6.25. The van der Waals surface area contributed by atoms with Gasteiger partial charge in [-0.3, -0.25) is 14.8 Å². The first-order valence-corrected chi connectivity index (χ1v) is 8.35. The molecule has 1 aliphatic rings. The van der Waals surface area contributed by atoms with Crippen LogP contribution in [0.1, 0.15) is 35.7 Å². The van der Waals surface area contributed by atoms with Gasteiger partial charge >= 0.3 is 0 Å². The molecule has 1 saturated heterocycles. The monoisotopic (exact) mass is 325 g/mol. The summed E-state index contributed by atoms with van der Waals surface area (Å²) in [4.78, 5) is 23.5. The topological polar surface area (TPSA) is 55.3 Å². The van der Waals surface area contributed by atoms with Gasteiger partial charge in [0.25, 0.3) is 0 Å². The van der Waals surface area contributed by atoms with Gasteiger partial charge in [0.05, 0.1) is 24.9 Å². The molecule has 2 heterocycles. The average Bonchev–Trinajstić information content (AvgIpc) is 2.62. The summed E-state index contributed by atoms with van der Waals surface area (Å²) >= 11 is 0. The molecule has 0 spiro atoms. The zero-order valence-corrected chi connectivity index (χ0v) is 14.2. The highest BCUT2D eigenvalue weighted by atomic mass is 16.5. The van der Waals surface area contributed by atoms with E-state index in [2.05, 4.69) is 9.97 Å². The number of methoxy groups -OCH3 is 1. The van der Waals surface area contributed by atoms with Crippen LogP contribution in [0.25, 0.3) is 0 Å². The van der Waals surface area contributed by atoms with Gasteiger partial charge in [0.1, 0.15) is 5.75 Å². The third-order valence-corrected chi connectivity index (χ3v) is 4.50. The maximum Gasteiger partial charge on any atom is 0.227 e. The highest BCUT2D eigenvalue weighted by molar-refractivity contribution is 5.79. The normalized spacial score (nSPS) is 17.6. The molecule has 1 aromatic heterocycles. The Labute approximate surface area is 142 Å². The lowest BCUT2D eigenvalue weighted by Gasteiger charge is -2.32. The fourth-order valence-corrected chi connectivity index (χ4v) is 3.25. The van der Waals surface area contributed by atoms with Crippen LogP contribution in [0.2, 0.25) is 0 Å². The van der Waals surface area contributed by atoms with E-state index in [-0.39, 0.29) is 11.8 Å². The number of ether oxygens (including phenoxy) is 1. The molecular formula is C19H23N3O2. The fraction of sp³-hybridized carbons (Fsp3) is 0.421. The predicted octanol–water partition coefficient (Wildman–Crippen LogP) is 2.74. The van der Waals surface area contributed by atoms with Crippen molar-refractivity contribution >= 4 is 5.91 Å². The zero-order chi connectivity index (χ0) is 16.9. The summed E-state index contributed by atoms with van der Waals surface area (Å²) in [6.07, 6.45) is 6.01. The van der Waals surface area contributed by atoms with E-state index < -0.39 is 0 Å². The number of piperidine rings is 1. The van der Waals surface area contributed by atoms with Crippen molar-refractivity contribution in [3.05, 3.63) is 53.6 Å². The molecule has 5 heteroatoms. The molecule has 24 heavy (non-hydrogen) atoms. The Morgan fingerprint density at radius 2 is 2.17 bits per heavy atom. The third kappa shape index (κ3) is 3.72. The molecule has 0 bridgehead atoms. The Morgan fingerprint density at radius 1 is 1.33 bits per heavy atom. The zero-order valence-electron chi connectivity index (χ0n) is 14.2. The van der Waals surface area contributed by atoms with Crippen LogP contribution in [0.4, 0.5) is 0 Å². The van der Waals surface area contributed by atoms with Gasteiger partial charge in [-0.1, -0.05) is 18.2 Å². The highest BCUT2D eigenvalue weighted by Crippen LogP contribution is 2.26. The molecule has 0 N–H and O–H groups in total. The van der Waals surface area contributed by atoms with Crippen molar-refractivity contribution in [2.24, 2.45) is 0 Å². The predicted molar refractivity (Wildman–Crippen MR) is 92.0 cm³/mol. The van der Waals surface area contributed by atoms with Gasteiger partial charge in [-0.25, -0.2) is 0 Å². The van der Waals surface area contributed by atoms with E-state index in [1.807, 2.05) is 42.3 Å². The van der Waals surface area contributed by atoms with Crippen LogP contribution in [0, 0.1) is 6.92 Å². The Morgan fingerprint density at radius 3 is 2.96 bits per heavy atom. The lowest BCUT2D eigenvalue weighted by Crippen LogP contribution is -2.40. The first-order valence-electron chi connectivity index (χ1n) is 8.35. The van der Waals surface area contributed by atoms with Crippen molar-refractivity contribution in [1.29, 1.82) is 0 Å². The minimum atomic E-state index is 0.143. The van der Waals surface area contributed by atoms with Crippen LogP contribution in [-0.2, 0) is 11.2 Å². The number of para-hydroxylation sites is 1. The molecule has 2 aromatic rings. The SMILES string of the molecule is COc1ccccc1CC(=O)N1CCC[C@H](c2cncc(C)n2)C1. The minimum absolute atomic E-state index is 0.143. The second-order valence-corrected chi connectivity index (χ2v) is 6.25. The maximum absolute atomic E-state index is 12.7. The van der Waals surface area contributed by atoms with Crippen molar-refractivity contribution in [3.63, 3.8) is 0 Å². The van der Waals surface area contributed by atoms with Crippen molar-refractivity contribution in [2.45, 2.75) is 32.1 Å². The number of carbonyl (C=O) groups excluding carboxylic acids is 1. The van der Waals surface area contributed by atoms with Crippen molar-refractivity contribution in [3.8, 4) is 5.75 Å². The Hall–Kier alpha value is -2.43. The number of amides is 1. The van der Waals surface area contributed by atoms with E-state index in [9.17, 15) is 4.79 Å². The summed E-state index contributed by atoms with van der Waals surface area (Å²) in [6, 6.07) is 7.70. The Balaban J connectivity index is 1.69. The first kappa shape index (κ1) is 16.4. The molecule has 0 unspecified atom stereocenters. The van der Waals surface area contributed by atoms with E-state index in [0.717, 1.165) is 42.1 Å². The van der Waals surface area contributed by atoms with E-state index in [4.69, 9.17) is 4.74 Å². The summed E-state index contributed by atoms with van der Waals surface area (Å²) < 4.78 is 5.35. The number of likely N-dealkylation sites (tertiary alicyclic amines) is 1. The van der Waals surface area contributed by atoms with E-state index in [1.54, 1.807) is 13.3 Å². The first-order chi connectivity index (χ1) is 11.7. The molecule has 3 rings (SSSR count). The van der Waals surface area contributed by atoms with Gasteiger partial charge < -0.3 is 9.64 Å². The lowest BCUT2D eigenvalue weighted by molar-refractivity contribution is -0.131. The van der Waals surface area contributed by atoms with Gasteiger partial charge in [-0.2, -0.15) is 0 Å². The Kier molecular flexibility index (Phi) is 5.08. The molecule has 0 aliphatic carbocycles. The summed E-state index contributed by atoms with van der Waals surface area (Å²) in [7, 11) is 1.64. The van der Waals surface area contributed by atoms with Crippen molar-refractivity contribution in [1.82, 2.24) is 14.9 Å². The molecule has 1 atom stereocenters. The van der Waals surface area contributed by atoms with Crippen LogP contribution in [0.15, 0.2) is 36.7 Å². The van der Waals surface area contributed by atoms with Crippen LogP contribution in [-0.4, -0.2) is 41.0 Å². The fourth-order valence-electron chi connectivity index (χ4n) is 3.25. The number of hydrogen-bond donors (Lipinski definition) is 0. The molecule has 5 nitrogen and oxygen atoms in total. The third-order valence-electron chi connectivity index (χ3n) is 4.50. The molecule has 1 amide bonds. The van der Waals surface area contributed by atoms with Crippen LogP contribution < -0.4 is 4.74 Å². The van der Waals surface area contributed by atoms with Gasteiger partial charge in [0.2, 0.25) is 5.91 Å². The number of aromatic nitrogens is 2. The molecular weight excluding hydrogens is 302 g/mol. The van der Waals surface area contributed by atoms with Crippen molar-refractivity contribution < 1.29 is 9.53 Å². The smallest absolute Gasteiger partial charge is 0.227 e. The lowest BCUT2D eigenvalue weighted by atomic mass is 9.94. The minimum Gasteiger partial charge on any atom is -0.496 e. The number of carbonyl (C=O) groups is 1. The van der Waals surface area contributed by atoms with Gasteiger partial charge in [0, 0.05) is 37.0 Å². The summed E-state index contributed by atoms with van der Waals surface area (Å²) in [5.41, 5.74) is 2.84. The number of aryl methyl sites for hydroxylation is 1. The Bertz CT molecular complexity index is 717. The molecule has 126 valence electrons. The van der Waals surface area contributed by atoms with Crippen LogP contribution in [0.3, 0.4) is 0 Å². The standard InChI is InChI=1S/C19H23N3O2/c1-14-11-20-12-17(21-14)16-7-5-9-22(13-16)19(23)10-15-6-3-4-8-18(15)24-2/h3-4,6,8,11-12,16H,5,7,9-10,13H2,1-2H3/t16-/m0/s1. The summed E-state index contributed by atoms with van der Waals surface area (Å²) in [5.74, 6) is 1.18. The van der Waals surface area contributed by atoms with Crippen molar-refractivity contribution in [2.75, 3.05) is 20.2 Å². The molecule has 0 radical (unpaired) electrons. The number of rotatable bonds is 4. The van der Waals surface area contributed by atoms with Gasteiger partial charge in [0.15, 0.2) is 0 Å². The number of hydrogen-bond acceptors (Lipinski definition) is 4. The van der Waals surface area contributed by atoms with Gasteiger partial charge in [-0.05, 0) is 25.8 Å². The summed E-state index contributed by atoms with van der Waals surface area (Å²) in [5, 5.41) is 0. The number of benzene rings is 1. The van der Waals surface area contributed by atoms with E-state index >= 15 is 0 Å². The quantitative estimate of drug-likeness (QED) is 0.867. The number of nitrogens with zero attached hydrogens (tertiary/aromatic N) is 3. The van der Waals surface area contributed by atoms with Crippen LogP contribution in [0.5, 0.6) is 5.75 Å². The highest BCUT2D eigenvalue weighted by Gasteiger charge is 2.26. The van der Waals surface area contributed by atoms with E-state index in [0.29, 0.717) is 13.0 Å².